The Morgan fingerprint density at radius 1 is 1.29 bits per heavy atom. The first-order chi connectivity index (χ1) is 8.10. The third kappa shape index (κ3) is 1.68. The smallest absolute Gasteiger partial charge is 0.261 e. The molecule has 0 spiro atoms. The Kier molecular flexibility index (Phi) is 2.85. The molecule has 2 amide bonds. The van der Waals surface area contributed by atoms with Gasteiger partial charge in [-0.15, -0.1) is 0 Å². The van der Waals surface area contributed by atoms with E-state index in [1.165, 1.54) is 12.0 Å². The molecular weight excluding hydrogens is 220 g/mol. The predicted molar refractivity (Wildman–Crippen MR) is 62.0 cm³/mol. The molecule has 5 nitrogen and oxygen atoms in total. The van der Waals surface area contributed by atoms with Gasteiger partial charge in [-0.1, -0.05) is 0 Å². The number of imide groups is 1. The number of fused-ring (bicyclic) bond motifs is 1. The second-order valence-corrected chi connectivity index (χ2v) is 3.98. The SMILES string of the molecule is COc1ccc2c(c1)C(=O)N(C(C)CN)C2=O. The summed E-state index contributed by atoms with van der Waals surface area (Å²) in [5.74, 6) is -0.0281. The van der Waals surface area contributed by atoms with Crippen LogP contribution in [0, 0.1) is 0 Å². The van der Waals surface area contributed by atoms with Crippen molar-refractivity contribution >= 4 is 11.8 Å². The van der Waals surface area contributed by atoms with Crippen LogP contribution in [0.4, 0.5) is 0 Å². The summed E-state index contributed by atoms with van der Waals surface area (Å²) in [6.07, 6.45) is 0. The average Bonchev–Trinajstić information content (AvgIpc) is 2.60. The Morgan fingerprint density at radius 2 is 1.94 bits per heavy atom. The number of ether oxygens (including phenoxy) is 1. The predicted octanol–water partition coefficient (Wildman–Crippen LogP) is 0.638. The quantitative estimate of drug-likeness (QED) is 0.779. The van der Waals surface area contributed by atoms with Crippen LogP contribution in [0.25, 0.3) is 0 Å². The van der Waals surface area contributed by atoms with Crippen molar-refractivity contribution in [3.63, 3.8) is 0 Å². The highest BCUT2D eigenvalue weighted by atomic mass is 16.5. The zero-order valence-corrected chi connectivity index (χ0v) is 9.77. The number of carbonyl (C=O) groups excluding carboxylic acids is 2. The normalized spacial score (nSPS) is 16.1. The molecule has 0 fully saturated rings. The molecule has 1 aromatic rings. The van der Waals surface area contributed by atoms with Crippen LogP contribution in [0.2, 0.25) is 0 Å². The lowest BCUT2D eigenvalue weighted by molar-refractivity contribution is 0.0602. The highest BCUT2D eigenvalue weighted by Gasteiger charge is 2.38. The summed E-state index contributed by atoms with van der Waals surface area (Å²) in [5, 5.41) is 0. The molecule has 5 heteroatoms. The molecule has 1 aliphatic heterocycles. The van der Waals surface area contributed by atoms with Crippen LogP contribution < -0.4 is 10.5 Å². The van der Waals surface area contributed by atoms with Crippen LogP contribution in [-0.4, -0.2) is 36.4 Å². The van der Waals surface area contributed by atoms with E-state index in [-0.39, 0.29) is 24.4 Å². The second kappa shape index (κ2) is 4.18. The number of nitrogens with zero attached hydrogens (tertiary/aromatic N) is 1. The molecule has 1 aliphatic rings. The minimum atomic E-state index is -0.304. The van der Waals surface area contributed by atoms with E-state index in [2.05, 4.69) is 0 Å². The maximum absolute atomic E-state index is 12.1. The number of methoxy groups -OCH3 is 1. The Morgan fingerprint density at radius 3 is 2.53 bits per heavy atom. The number of carbonyl (C=O) groups is 2. The number of hydrogen-bond acceptors (Lipinski definition) is 4. The number of hydrogen-bond donors (Lipinski definition) is 1. The van der Waals surface area contributed by atoms with Crippen molar-refractivity contribution in [3.05, 3.63) is 29.3 Å². The van der Waals surface area contributed by atoms with E-state index in [0.717, 1.165) is 0 Å². The largest absolute Gasteiger partial charge is 0.497 e. The summed E-state index contributed by atoms with van der Waals surface area (Å²) in [6.45, 7) is 2.00. The number of rotatable bonds is 3. The zero-order valence-electron chi connectivity index (χ0n) is 9.77. The zero-order chi connectivity index (χ0) is 12.6. The van der Waals surface area contributed by atoms with E-state index in [0.29, 0.717) is 16.9 Å². The van der Waals surface area contributed by atoms with E-state index < -0.39 is 0 Å². The third-order valence-electron chi connectivity index (χ3n) is 2.91. The molecule has 0 saturated heterocycles. The van der Waals surface area contributed by atoms with Gasteiger partial charge in [0.15, 0.2) is 0 Å². The first-order valence-electron chi connectivity index (χ1n) is 5.36. The van der Waals surface area contributed by atoms with Crippen LogP contribution in [-0.2, 0) is 0 Å². The molecule has 0 aliphatic carbocycles. The highest BCUT2D eigenvalue weighted by molar-refractivity contribution is 6.21. The minimum absolute atomic E-state index is 0.253. The third-order valence-corrected chi connectivity index (χ3v) is 2.91. The fraction of sp³-hybridized carbons (Fsp3) is 0.333. The van der Waals surface area contributed by atoms with E-state index in [4.69, 9.17) is 10.5 Å². The Labute approximate surface area is 99.2 Å². The summed E-state index contributed by atoms with van der Waals surface area (Å²) in [7, 11) is 1.52. The van der Waals surface area contributed by atoms with Crippen LogP contribution in [0.15, 0.2) is 18.2 Å². The monoisotopic (exact) mass is 234 g/mol. The molecule has 0 radical (unpaired) electrons. The van der Waals surface area contributed by atoms with Gasteiger partial charge in [0.2, 0.25) is 0 Å². The van der Waals surface area contributed by atoms with Gasteiger partial charge in [0.05, 0.1) is 18.2 Å². The lowest BCUT2D eigenvalue weighted by Gasteiger charge is -2.20. The highest BCUT2D eigenvalue weighted by Crippen LogP contribution is 2.27. The number of benzene rings is 1. The molecule has 1 heterocycles. The molecule has 2 N–H and O–H groups in total. The average molecular weight is 234 g/mol. The molecule has 1 atom stereocenters. The molecule has 0 saturated carbocycles. The summed E-state index contributed by atoms with van der Waals surface area (Å²) in [5.41, 5.74) is 6.29. The standard InChI is InChI=1S/C12H14N2O3/c1-7(6-13)14-11(15)9-4-3-8(17-2)5-10(9)12(14)16/h3-5,7H,6,13H2,1-2H3. The Hall–Kier alpha value is -1.88. The molecule has 90 valence electrons. The maximum atomic E-state index is 12.1. The van der Waals surface area contributed by atoms with Crippen molar-refractivity contribution in [3.8, 4) is 5.75 Å². The van der Waals surface area contributed by atoms with Crippen molar-refractivity contribution < 1.29 is 14.3 Å². The van der Waals surface area contributed by atoms with Crippen LogP contribution in [0.3, 0.4) is 0 Å². The second-order valence-electron chi connectivity index (χ2n) is 3.98. The Balaban J connectivity index is 2.45. The summed E-state index contributed by atoms with van der Waals surface area (Å²) in [4.78, 5) is 25.3. The molecule has 17 heavy (non-hydrogen) atoms. The van der Waals surface area contributed by atoms with Gasteiger partial charge in [-0.2, -0.15) is 0 Å². The van der Waals surface area contributed by atoms with Gasteiger partial charge in [0.25, 0.3) is 11.8 Å². The van der Waals surface area contributed by atoms with Gasteiger partial charge in [0.1, 0.15) is 5.75 Å². The summed E-state index contributed by atoms with van der Waals surface area (Å²) in [6, 6.07) is 4.56. The number of amides is 2. The summed E-state index contributed by atoms with van der Waals surface area (Å²) < 4.78 is 5.04. The van der Waals surface area contributed by atoms with Crippen LogP contribution in [0.5, 0.6) is 5.75 Å². The summed E-state index contributed by atoms with van der Waals surface area (Å²) >= 11 is 0. The van der Waals surface area contributed by atoms with Gasteiger partial charge < -0.3 is 10.5 Å². The van der Waals surface area contributed by atoms with Crippen molar-refractivity contribution in [1.82, 2.24) is 4.90 Å². The van der Waals surface area contributed by atoms with Gasteiger partial charge >= 0.3 is 0 Å². The Bertz CT molecular complexity index is 485. The molecule has 0 bridgehead atoms. The van der Waals surface area contributed by atoms with Crippen LogP contribution >= 0.6 is 0 Å². The molecule has 0 aromatic heterocycles. The van der Waals surface area contributed by atoms with E-state index in [1.807, 2.05) is 0 Å². The molecule has 2 rings (SSSR count). The van der Waals surface area contributed by atoms with Crippen molar-refractivity contribution in [2.45, 2.75) is 13.0 Å². The first kappa shape index (κ1) is 11.6. The fourth-order valence-corrected chi connectivity index (χ4v) is 1.87. The van der Waals surface area contributed by atoms with E-state index >= 15 is 0 Å². The van der Waals surface area contributed by atoms with Gasteiger partial charge in [-0.05, 0) is 25.1 Å². The van der Waals surface area contributed by atoms with Crippen molar-refractivity contribution in [2.75, 3.05) is 13.7 Å². The molecule has 1 aromatic carbocycles. The lowest BCUT2D eigenvalue weighted by Crippen LogP contribution is -2.42. The fourth-order valence-electron chi connectivity index (χ4n) is 1.87. The van der Waals surface area contributed by atoms with E-state index in [1.54, 1.807) is 25.1 Å². The van der Waals surface area contributed by atoms with E-state index in [9.17, 15) is 9.59 Å². The topological polar surface area (TPSA) is 72.6 Å². The van der Waals surface area contributed by atoms with Gasteiger partial charge in [-0.25, -0.2) is 0 Å². The van der Waals surface area contributed by atoms with Crippen LogP contribution in [0.1, 0.15) is 27.6 Å². The molecular formula is C12H14N2O3. The van der Waals surface area contributed by atoms with Crippen molar-refractivity contribution in [2.24, 2.45) is 5.73 Å². The first-order valence-corrected chi connectivity index (χ1v) is 5.36. The van der Waals surface area contributed by atoms with Crippen molar-refractivity contribution in [1.29, 1.82) is 0 Å². The lowest BCUT2D eigenvalue weighted by atomic mass is 10.1. The van der Waals surface area contributed by atoms with Gasteiger partial charge in [-0.3, -0.25) is 14.5 Å². The molecule has 1 unspecified atom stereocenters. The maximum Gasteiger partial charge on any atom is 0.261 e. The number of nitrogens with two attached hydrogens (primary N) is 1. The minimum Gasteiger partial charge on any atom is -0.497 e. The van der Waals surface area contributed by atoms with Gasteiger partial charge in [0, 0.05) is 12.6 Å².